The second kappa shape index (κ2) is 5.90. The third-order valence-corrected chi connectivity index (χ3v) is 3.37. The number of nitrogens with zero attached hydrogens (tertiary/aromatic N) is 2. The van der Waals surface area contributed by atoms with Crippen LogP contribution in [0.4, 0.5) is 4.79 Å². The number of hydrogen-bond donors (Lipinski definition) is 2. The number of hydrogen-bond acceptors (Lipinski definition) is 6. The number of rotatable bonds is 2. The van der Waals surface area contributed by atoms with Crippen molar-refractivity contribution in [1.82, 2.24) is 14.9 Å². The summed E-state index contributed by atoms with van der Waals surface area (Å²) in [6, 6.07) is 0.117. The van der Waals surface area contributed by atoms with Crippen LogP contribution in [0.2, 0.25) is 0 Å². The number of nitrogens with one attached hydrogen (secondary N) is 1. The highest BCUT2D eigenvalue weighted by molar-refractivity contribution is 5.85. The van der Waals surface area contributed by atoms with E-state index in [1.54, 1.807) is 34.6 Å². The molecule has 2 heterocycles. The molecule has 9 heteroatoms. The molecular weight excluding hydrogens is 318 g/mol. The maximum atomic E-state index is 12.6. The molecule has 2 rings (SSSR count). The zero-order valence-corrected chi connectivity index (χ0v) is 14.2. The Morgan fingerprint density at radius 2 is 2.08 bits per heavy atom. The molecule has 1 amide bonds. The topological polar surface area (TPSA) is 122 Å². The van der Waals surface area contributed by atoms with Crippen molar-refractivity contribution in [3.8, 4) is 0 Å². The van der Waals surface area contributed by atoms with E-state index >= 15 is 0 Å². The molecule has 0 bridgehead atoms. The van der Waals surface area contributed by atoms with Crippen LogP contribution in [0.25, 0.3) is 0 Å². The van der Waals surface area contributed by atoms with E-state index in [1.807, 2.05) is 0 Å². The minimum Gasteiger partial charge on any atom is -0.477 e. The molecule has 1 aromatic rings. The van der Waals surface area contributed by atoms with E-state index in [-0.39, 0.29) is 12.4 Å². The number of H-pyrrole nitrogens is 1. The molecule has 9 nitrogen and oxygen atoms in total. The molecule has 1 aliphatic heterocycles. The summed E-state index contributed by atoms with van der Waals surface area (Å²) in [5.74, 6) is -1.29. The minimum atomic E-state index is -1.33. The van der Waals surface area contributed by atoms with E-state index in [0.29, 0.717) is 0 Å². The number of ether oxygens (including phenoxy) is 2. The predicted molar refractivity (Wildman–Crippen MR) is 82.7 cm³/mol. The van der Waals surface area contributed by atoms with E-state index in [1.165, 1.54) is 4.90 Å². The summed E-state index contributed by atoms with van der Waals surface area (Å²) in [4.78, 5) is 43.1. The Morgan fingerprint density at radius 3 is 2.62 bits per heavy atom. The molecule has 24 heavy (non-hydrogen) atoms. The van der Waals surface area contributed by atoms with Crippen LogP contribution in [0.5, 0.6) is 0 Å². The number of aromatic amines is 1. The van der Waals surface area contributed by atoms with Crippen LogP contribution in [-0.4, -0.2) is 50.0 Å². The van der Waals surface area contributed by atoms with Gasteiger partial charge in [-0.1, -0.05) is 0 Å². The molecule has 0 aromatic carbocycles. The van der Waals surface area contributed by atoms with E-state index in [0.717, 1.165) is 6.07 Å². The molecule has 1 atom stereocenters. The Balaban J connectivity index is 2.43. The Morgan fingerprint density at radius 1 is 1.46 bits per heavy atom. The smallest absolute Gasteiger partial charge is 0.413 e. The van der Waals surface area contributed by atoms with Gasteiger partial charge < -0.3 is 19.6 Å². The lowest BCUT2D eigenvalue weighted by Gasteiger charge is -2.34. The van der Waals surface area contributed by atoms with E-state index < -0.39 is 40.7 Å². The molecule has 132 valence electrons. The average molecular weight is 339 g/mol. The minimum absolute atomic E-state index is 0.0383. The van der Waals surface area contributed by atoms with Gasteiger partial charge in [0, 0.05) is 6.07 Å². The van der Waals surface area contributed by atoms with E-state index in [4.69, 9.17) is 14.6 Å². The summed E-state index contributed by atoms with van der Waals surface area (Å²) in [5, 5.41) is 9.06. The molecule has 0 unspecified atom stereocenters. The summed E-state index contributed by atoms with van der Waals surface area (Å²) in [5.41, 5.74) is -2.73. The van der Waals surface area contributed by atoms with Gasteiger partial charge in [-0.15, -0.1) is 0 Å². The van der Waals surface area contributed by atoms with Gasteiger partial charge in [-0.3, -0.25) is 9.69 Å². The molecule has 1 aromatic heterocycles. The number of carboxylic acid groups (broad SMARTS) is 1. The van der Waals surface area contributed by atoms with E-state index in [2.05, 4.69) is 9.97 Å². The molecule has 1 fully saturated rings. The Labute approximate surface area is 138 Å². The van der Waals surface area contributed by atoms with Crippen LogP contribution in [0.3, 0.4) is 0 Å². The van der Waals surface area contributed by atoms with Gasteiger partial charge >= 0.3 is 12.1 Å². The standard InChI is InChI=1S/C15H21N3O6/c1-14(2,3)24-13(22)18-9(7-23-15(18,4)5)11-16-8(12(20)21)6-10(19)17-11/h6,9H,7H2,1-5H3,(H,20,21)(H,16,17,19)/t9-/m0/s1. The SMILES string of the molecule is CC(C)(C)OC(=O)N1[C@H](c2nc(C(=O)O)cc(=O)[nH]2)COC1(C)C. The highest BCUT2D eigenvalue weighted by Gasteiger charge is 2.47. The molecule has 2 N–H and O–H groups in total. The average Bonchev–Trinajstić information content (AvgIpc) is 2.71. The summed E-state index contributed by atoms with van der Waals surface area (Å²) in [7, 11) is 0. The van der Waals surface area contributed by atoms with Gasteiger partial charge in [-0.2, -0.15) is 0 Å². The maximum absolute atomic E-state index is 12.6. The zero-order chi connectivity index (χ0) is 18.3. The highest BCUT2D eigenvalue weighted by Crippen LogP contribution is 2.36. The van der Waals surface area contributed by atoms with Crippen LogP contribution < -0.4 is 5.56 Å². The number of carboxylic acids is 1. The lowest BCUT2D eigenvalue weighted by Crippen LogP contribution is -2.47. The fraction of sp³-hybridized carbons (Fsp3) is 0.600. The third kappa shape index (κ3) is 3.73. The molecule has 0 radical (unpaired) electrons. The van der Waals surface area contributed by atoms with Gasteiger partial charge in [0.05, 0.1) is 6.61 Å². The van der Waals surface area contributed by atoms with Crippen molar-refractivity contribution >= 4 is 12.1 Å². The third-order valence-electron chi connectivity index (χ3n) is 3.37. The van der Waals surface area contributed by atoms with Crippen molar-refractivity contribution in [1.29, 1.82) is 0 Å². The first-order valence-corrected chi connectivity index (χ1v) is 7.41. The summed E-state index contributed by atoms with van der Waals surface area (Å²) >= 11 is 0. The molecule has 0 aliphatic carbocycles. The Kier molecular flexibility index (Phi) is 4.40. The Hall–Kier alpha value is -2.42. The van der Waals surface area contributed by atoms with Crippen LogP contribution in [0.1, 0.15) is 57.0 Å². The van der Waals surface area contributed by atoms with Crippen LogP contribution in [0, 0.1) is 0 Å². The lowest BCUT2D eigenvalue weighted by atomic mass is 10.2. The first-order chi connectivity index (χ1) is 10.9. The summed E-state index contributed by atoms with van der Waals surface area (Å²) in [6.07, 6.45) is -0.640. The molecule has 1 saturated heterocycles. The Bertz CT molecular complexity index is 719. The van der Waals surface area contributed by atoms with Gasteiger partial charge in [-0.05, 0) is 34.6 Å². The number of carbonyl (C=O) groups excluding carboxylic acids is 1. The van der Waals surface area contributed by atoms with Crippen molar-refractivity contribution in [3.63, 3.8) is 0 Å². The number of aromatic carboxylic acids is 1. The molecule has 0 saturated carbocycles. The second-order valence-electron chi connectivity index (χ2n) is 6.94. The highest BCUT2D eigenvalue weighted by atomic mass is 16.6. The molecule has 0 spiro atoms. The molecule has 1 aliphatic rings. The van der Waals surface area contributed by atoms with Gasteiger partial charge in [-0.25, -0.2) is 14.6 Å². The number of carbonyl (C=O) groups is 2. The number of aromatic nitrogens is 2. The number of amides is 1. The van der Waals surface area contributed by atoms with Gasteiger partial charge in [0.1, 0.15) is 23.2 Å². The van der Waals surface area contributed by atoms with Crippen molar-refractivity contribution in [2.75, 3.05) is 6.61 Å². The maximum Gasteiger partial charge on any atom is 0.413 e. The van der Waals surface area contributed by atoms with E-state index in [9.17, 15) is 14.4 Å². The van der Waals surface area contributed by atoms with Crippen LogP contribution in [0.15, 0.2) is 10.9 Å². The van der Waals surface area contributed by atoms with Gasteiger partial charge in [0.25, 0.3) is 5.56 Å². The van der Waals surface area contributed by atoms with Gasteiger partial charge in [0.2, 0.25) is 0 Å². The van der Waals surface area contributed by atoms with Crippen LogP contribution >= 0.6 is 0 Å². The van der Waals surface area contributed by atoms with Crippen molar-refractivity contribution in [3.05, 3.63) is 27.9 Å². The van der Waals surface area contributed by atoms with Crippen molar-refractivity contribution in [2.45, 2.75) is 52.0 Å². The van der Waals surface area contributed by atoms with Crippen molar-refractivity contribution in [2.24, 2.45) is 0 Å². The monoisotopic (exact) mass is 339 g/mol. The normalized spacial score (nSPS) is 20.0. The van der Waals surface area contributed by atoms with Crippen LogP contribution in [-0.2, 0) is 9.47 Å². The quantitative estimate of drug-likeness (QED) is 0.837. The second-order valence-corrected chi connectivity index (χ2v) is 6.94. The fourth-order valence-corrected chi connectivity index (χ4v) is 2.41. The fourth-order valence-electron chi connectivity index (χ4n) is 2.41. The van der Waals surface area contributed by atoms with Crippen molar-refractivity contribution < 1.29 is 24.2 Å². The first-order valence-electron chi connectivity index (χ1n) is 7.41. The van der Waals surface area contributed by atoms with Gasteiger partial charge in [0.15, 0.2) is 5.69 Å². The molecular formula is C15H21N3O6. The summed E-state index contributed by atoms with van der Waals surface area (Å²) < 4.78 is 11.0. The largest absolute Gasteiger partial charge is 0.477 e. The zero-order valence-electron chi connectivity index (χ0n) is 14.2. The summed E-state index contributed by atoms with van der Waals surface area (Å²) in [6.45, 7) is 8.60. The predicted octanol–water partition coefficient (Wildman–Crippen LogP) is 1.51. The first kappa shape index (κ1) is 17.9. The lowest BCUT2D eigenvalue weighted by molar-refractivity contribution is -0.0629.